The SMILES string of the molecule is CC(=O)Oc1ccc(/C=C/c2nc3ccc(OC(C)=O)cc3c(=O)o2)cc1. The molecule has 0 saturated heterocycles. The Morgan fingerprint density at radius 1 is 0.926 bits per heavy atom. The number of aromatic nitrogens is 1. The molecule has 3 rings (SSSR count). The molecule has 0 aliphatic rings. The second-order valence-electron chi connectivity index (χ2n) is 5.61. The van der Waals surface area contributed by atoms with Crippen LogP contribution in [0, 0.1) is 0 Å². The smallest absolute Gasteiger partial charge is 0.347 e. The van der Waals surface area contributed by atoms with Gasteiger partial charge in [-0.25, -0.2) is 9.78 Å². The number of hydrogen-bond donors (Lipinski definition) is 0. The predicted octanol–water partition coefficient (Wildman–Crippen LogP) is 3.21. The molecule has 7 nitrogen and oxygen atoms in total. The van der Waals surface area contributed by atoms with Crippen molar-refractivity contribution in [3.05, 3.63) is 64.3 Å². The van der Waals surface area contributed by atoms with Crippen LogP contribution in [0.4, 0.5) is 0 Å². The van der Waals surface area contributed by atoms with Gasteiger partial charge in [0.1, 0.15) is 11.5 Å². The van der Waals surface area contributed by atoms with E-state index in [4.69, 9.17) is 13.9 Å². The van der Waals surface area contributed by atoms with E-state index in [2.05, 4.69) is 4.98 Å². The van der Waals surface area contributed by atoms with E-state index in [1.807, 2.05) is 0 Å². The lowest BCUT2D eigenvalue weighted by Crippen LogP contribution is -2.05. The third-order valence-corrected chi connectivity index (χ3v) is 3.44. The van der Waals surface area contributed by atoms with Crippen LogP contribution in [0.15, 0.2) is 51.7 Å². The van der Waals surface area contributed by atoms with Gasteiger partial charge in [0.25, 0.3) is 0 Å². The molecule has 0 spiro atoms. The Morgan fingerprint density at radius 3 is 2.22 bits per heavy atom. The molecule has 27 heavy (non-hydrogen) atoms. The number of hydrogen-bond acceptors (Lipinski definition) is 7. The van der Waals surface area contributed by atoms with E-state index in [1.54, 1.807) is 48.6 Å². The molecule has 136 valence electrons. The summed E-state index contributed by atoms with van der Waals surface area (Å²) < 4.78 is 15.1. The zero-order valence-electron chi connectivity index (χ0n) is 14.6. The van der Waals surface area contributed by atoms with Crippen molar-refractivity contribution in [3.63, 3.8) is 0 Å². The van der Waals surface area contributed by atoms with E-state index in [1.165, 1.54) is 19.9 Å². The summed E-state index contributed by atoms with van der Waals surface area (Å²) in [7, 11) is 0. The number of carbonyl (C=O) groups excluding carboxylic acids is 2. The van der Waals surface area contributed by atoms with E-state index in [0.29, 0.717) is 11.3 Å². The van der Waals surface area contributed by atoms with Crippen LogP contribution < -0.4 is 15.1 Å². The fourth-order valence-corrected chi connectivity index (χ4v) is 2.35. The fourth-order valence-electron chi connectivity index (χ4n) is 2.35. The van der Waals surface area contributed by atoms with Crippen molar-refractivity contribution in [1.29, 1.82) is 0 Å². The summed E-state index contributed by atoms with van der Waals surface area (Å²) in [4.78, 5) is 38.4. The highest BCUT2D eigenvalue weighted by Gasteiger charge is 2.07. The Morgan fingerprint density at radius 2 is 1.56 bits per heavy atom. The molecule has 0 fully saturated rings. The lowest BCUT2D eigenvalue weighted by molar-refractivity contribution is -0.132. The maximum absolute atomic E-state index is 12.2. The highest BCUT2D eigenvalue weighted by molar-refractivity contribution is 5.81. The number of esters is 2. The third-order valence-electron chi connectivity index (χ3n) is 3.44. The highest BCUT2D eigenvalue weighted by atomic mass is 16.5. The molecular formula is C20H15NO6. The summed E-state index contributed by atoms with van der Waals surface area (Å²) in [5.74, 6) is -0.0427. The number of ether oxygens (including phenoxy) is 2. The van der Waals surface area contributed by atoms with Gasteiger partial charge in [0.2, 0.25) is 5.89 Å². The average Bonchev–Trinajstić information content (AvgIpc) is 2.61. The number of fused-ring (bicyclic) bond motifs is 1. The molecule has 0 N–H and O–H groups in total. The minimum absolute atomic E-state index is 0.136. The van der Waals surface area contributed by atoms with Gasteiger partial charge in [-0.15, -0.1) is 0 Å². The number of nitrogens with zero attached hydrogens (tertiary/aromatic N) is 1. The Labute approximate surface area is 153 Å². The molecule has 0 bridgehead atoms. The van der Waals surface area contributed by atoms with Crippen LogP contribution >= 0.6 is 0 Å². The summed E-state index contributed by atoms with van der Waals surface area (Å²) in [6.45, 7) is 2.61. The molecule has 0 radical (unpaired) electrons. The van der Waals surface area contributed by atoms with E-state index < -0.39 is 17.6 Å². The monoisotopic (exact) mass is 365 g/mol. The molecule has 2 aromatic carbocycles. The molecule has 1 heterocycles. The van der Waals surface area contributed by atoms with Gasteiger partial charge in [-0.2, -0.15) is 0 Å². The van der Waals surface area contributed by atoms with Crippen molar-refractivity contribution in [2.24, 2.45) is 0 Å². The summed E-state index contributed by atoms with van der Waals surface area (Å²) in [5.41, 5.74) is 0.645. The second-order valence-corrected chi connectivity index (χ2v) is 5.61. The van der Waals surface area contributed by atoms with Crippen molar-refractivity contribution < 1.29 is 23.5 Å². The molecular weight excluding hydrogens is 350 g/mol. The molecule has 1 aromatic heterocycles. The van der Waals surface area contributed by atoms with Crippen LogP contribution in [0.1, 0.15) is 25.3 Å². The zero-order valence-corrected chi connectivity index (χ0v) is 14.6. The van der Waals surface area contributed by atoms with Gasteiger partial charge >= 0.3 is 17.6 Å². The predicted molar refractivity (Wildman–Crippen MR) is 98.3 cm³/mol. The summed E-state index contributed by atoms with van der Waals surface area (Å²) in [6, 6.07) is 11.4. The second kappa shape index (κ2) is 7.65. The van der Waals surface area contributed by atoms with E-state index in [9.17, 15) is 14.4 Å². The molecule has 7 heteroatoms. The van der Waals surface area contributed by atoms with Gasteiger partial charge in [0.15, 0.2) is 0 Å². The van der Waals surface area contributed by atoms with E-state index in [-0.39, 0.29) is 17.0 Å². The molecule has 3 aromatic rings. The van der Waals surface area contributed by atoms with Crippen LogP contribution in [0.3, 0.4) is 0 Å². The topological polar surface area (TPSA) is 95.7 Å². The van der Waals surface area contributed by atoms with Crippen molar-refractivity contribution in [2.75, 3.05) is 0 Å². The highest BCUT2D eigenvalue weighted by Crippen LogP contribution is 2.19. The average molecular weight is 365 g/mol. The first kappa shape index (κ1) is 18.1. The van der Waals surface area contributed by atoms with Crippen molar-refractivity contribution >= 4 is 35.0 Å². The van der Waals surface area contributed by atoms with Gasteiger partial charge in [-0.1, -0.05) is 12.1 Å². The first-order valence-corrected chi connectivity index (χ1v) is 8.00. The number of benzene rings is 2. The van der Waals surface area contributed by atoms with Gasteiger partial charge in [-0.05, 0) is 42.0 Å². The minimum Gasteiger partial charge on any atom is -0.427 e. The summed E-state index contributed by atoms with van der Waals surface area (Å²) in [5, 5.41) is 0.219. The van der Waals surface area contributed by atoms with Crippen molar-refractivity contribution in [2.45, 2.75) is 13.8 Å². The molecule has 0 saturated carbocycles. The van der Waals surface area contributed by atoms with E-state index >= 15 is 0 Å². The first-order chi connectivity index (χ1) is 12.9. The Hall–Kier alpha value is -3.74. The normalized spacial score (nSPS) is 10.9. The van der Waals surface area contributed by atoms with Crippen LogP contribution in [-0.4, -0.2) is 16.9 Å². The van der Waals surface area contributed by atoms with Gasteiger partial charge in [0, 0.05) is 19.9 Å². The largest absolute Gasteiger partial charge is 0.427 e. The van der Waals surface area contributed by atoms with Crippen molar-refractivity contribution in [3.8, 4) is 11.5 Å². The van der Waals surface area contributed by atoms with Crippen molar-refractivity contribution in [1.82, 2.24) is 4.98 Å². The first-order valence-electron chi connectivity index (χ1n) is 8.00. The number of carbonyl (C=O) groups is 2. The fraction of sp³-hybridized carbons (Fsp3) is 0.100. The molecule has 0 aliphatic heterocycles. The molecule has 0 aliphatic carbocycles. The minimum atomic E-state index is -0.584. The van der Waals surface area contributed by atoms with Gasteiger partial charge in [0.05, 0.1) is 10.9 Å². The molecule has 0 unspecified atom stereocenters. The molecule has 0 amide bonds. The number of rotatable bonds is 4. The standard InChI is InChI=1S/C20H15NO6/c1-12(22)25-15-6-3-14(4-7-15)5-10-19-21-18-9-8-16(26-13(2)23)11-17(18)20(24)27-19/h3-11H,1-2H3/b10-5+. The maximum Gasteiger partial charge on any atom is 0.347 e. The third kappa shape index (κ3) is 4.66. The maximum atomic E-state index is 12.2. The molecule has 0 atom stereocenters. The lowest BCUT2D eigenvalue weighted by Gasteiger charge is -2.03. The summed E-state index contributed by atoms with van der Waals surface area (Å²) in [6.07, 6.45) is 3.27. The van der Waals surface area contributed by atoms with Crippen LogP contribution in [0.5, 0.6) is 11.5 Å². The zero-order chi connectivity index (χ0) is 19.4. The van der Waals surface area contributed by atoms with Gasteiger partial charge < -0.3 is 13.9 Å². The quantitative estimate of drug-likeness (QED) is 0.517. The summed E-state index contributed by atoms with van der Waals surface area (Å²) >= 11 is 0. The lowest BCUT2D eigenvalue weighted by atomic mass is 10.2. The van der Waals surface area contributed by atoms with Crippen LogP contribution in [0.25, 0.3) is 23.1 Å². The Balaban J connectivity index is 1.84. The Bertz CT molecular complexity index is 1100. The van der Waals surface area contributed by atoms with Gasteiger partial charge in [-0.3, -0.25) is 9.59 Å². The van der Waals surface area contributed by atoms with E-state index in [0.717, 1.165) is 5.56 Å². The Kier molecular flexibility index (Phi) is 5.12. The van der Waals surface area contributed by atoms with Crippen LogP contribution in [0.2, 0.25) is 0 Å². The van der Waals surface area contributed by atoms with Crippen LogP contribution in [-0.2, 0) is 9.59 Å².